The van der Waals surface area contributed by atoms with E-state index >= 15 is 0 Å². The Morgan fingerprint density at radius 3 is 2.14 bits per heavy atom. The van der Waals surface area contributed by atoms with Crippen LogP contribution in [-0.2, 0) is 34.4 Å². The molecule has 29 heavy (non-hydrogen) atoms. The Morgan fingerprint density at radius 2 is 1.69 bits per heavy atom. The summed E-state index contributed by atoms with van der Waals surface area (Å²) >= 11 is 0. The van der Waals surface area contributed by atoms with Gasteiger partial charge in [0.15, 0.2) is 0 Å². The number of methoxy groups -OCH3 is 1. The first-order valence-corrected chi connectivity index (χ1v) is 12.2. The first-order valence-electron chi connectivity index (χ1n) is 9.15. The number of piperidine rings is 1. The van der Waals surface area contributed by atoms with Gasteiger partial charge >= 0.3 is 5.97 Å². The lowest BCUT2D eigenvalue weighted by molar-refractivity contribution is -0.146. The minimum absolute atomic E-state index is 0.000993. The number of rotatable bonds is 4. The number of hydrogen-bond donors (Lipinski definition) is 0. The molecule has 2 fully saturated rings. The van der Waals surface area contributed by atoms with Gasteiger partial charge in [-0.05, 0) is 51.0 Å². The summed E-state index contributed by atoms with van der Waals surface area (Å²) < 4.78 is 57.2. The summed E-state index contributed by atoms with van der Waals surface area (Å²) in [7, 11) is -6.29. The van der Waals surface area contributed by atoms with Crippen LogP contribution in [0.5, 0.6) is 0 Å². The Balaban J connectivity index is 1.80. The molecule has 1 amide bonds. The van der Waals surface area contributed by atoms with Crippen molar-refractivity contribution in [2.45, 2.75) is 31.6 Å². The number of ether oxygens (including phenoxy) is 1. The van der Waals surface area contributed by atoms with Crippen LogP contribution >= 0.6 is 0 Å². The van der Waals surface area contributed by atoms with E-state index in [-0.39, 0.29) is 41.3 Å². The highest BCUT2D eigenvalue weighted by molar-refractivity contribution is 7.94. The maximum absolute atomic E-state index is 12.9. The Labute approximate surface area is 170 Å². The van der Waals surface area contributed by atoms with Crippen molar-refractivity contribution >= 4 is 37.6 Å². The minimum atomic E-state index is -3.80. The fraction of sp³-hybridized carbons (Fsp3) is 0.556. The molecule has 0 radical (unpaired) electrons. The predicted octanol–water partition coefficient (Wildman–Crippen LogP) is 0.963. The molecule has 1 aromatic rings. The molecule has 0 unspecified atom stereocenters. The lowest BCUT2D eigenvalue weighted by Gasteiger charge is -2.30. The first kappa shape index (κ1) is 21.7. The summed E-state index contributed by atoms with van der Waals surface area (Å²) in [4.78, 5) is 24.1. The largest absolute Gasteiger partial charge is 0.469 e. The number of carbonyl (C=O) groups excluding carboxylic acids is 2. The normalized spacial score (nSPS) is 22.6. The average Bonchev–Trinajstić information content (AvgIpc) is 2.83. The smallest absolute Gasteiger partial charge is 0.308 e. The molecule has 1 aromatic carbocycles. The molecule has 0 aliphatic carbocycles. The van der Waals surface area contributed by atoms with Crippen LogP contribution in [0.1, 0.15) is 26.7 Å². The van der Waals surface area contributed by atoms with Gasteiger partial charge in [0, 0.05) is 13.1 Å². The second kappa shape index (κ2) is 7.37. The number of esters is 1. The molecule has 3 rings (SSSR count). The van der Waals surface area contributed by atoms with Crippen molar-refractivity contribution in [2.24, 2.45) is 11.3 Å². The third-order valence-electron chi connectivity index (χ3n) is 5.28. The van der Waals surface area contributed by atoms with Crippen LogP contribution in [0.2, 0.25) is 0 Å². The standard InChI is InChI=1S/C18H24N2O7S2/c1-18(2)12-28(23,24)20(17(18)22)14-4-6-15(7-5-14)29(25,26)19-10-8-13(9-11-19)16(21)27-3/h4-7,13H,8-12H2,1-3H3. The highest BCUT2D eigenvalue weighted by atomic mass is 32.2. The van der Waals surface area contributed by atoms with E-state index in [9.17, 15) is 26.4 Å². The lowest BCUT2D eigenvalue weighted by Crippen LogP contribution is -2.40. The Bertz CT molecular complexity index is 1020. The fourth-order valence-corrected chi connectivity index (χ4v) is 7.24. The van der Waals surface area contributed by atoms with Crippen molar-refractivity contribution in [1.29, 1.82) is 0 Å². The van der Waals surface area contributed by atoms with Crippen molar-refractivity contribution in [3.8, 4) is 0 Å². The van der Waals surface area contributed by atoms with Crippen LogP contribution in [0.4, 0.5) is 5.69 Å². The van der Waals surface area contributed by atoms with Gasteiger partial charge in [0.05, 0.1) is 34.8 Å². The zero-order valence-corrected chi connectivity index (χ0v) is 18.1. The second-order valence-electron chi connectivity index (χ2n) is 7.91. The number of carbonyl (C=O) groups is 2. The van der Waals surface area contributed by atoms with E-state index in [1.807, 2.05) is 0 Å². The monoisotopic (exact) mass is 444 g/mol. The van der Waals surface area contributed by atoms with Crippen molar-refractivity contribution < 1.29 is 31.2 Å². The van der Waals surface area contributed by atoms with E-state index in [0.29, 0.717) is 12.8 Å². The molecule has 11 heteroatoms. The Morgan fingerprint density at radius 1 is 1.14 bits per heavy atom. The molecular formula is C18H24N2O7S2. The first-order chi connectivity index (χ1) is 13.4. The second-order valence-corrected chi connectivity index (χ2v) is 11.7. The maximum atomic E-state index is 12.9. The van der Waals surface area contributed by atoms with Gasteiger partial charge in [-0.1, -0.05) is 0 Å². The molecule has 0 bridgehead atoms. The van der Waals surface area contributed by atoms with Gasteiger partial charge in [-0.2, -0.15) is 4.31 Å². The Kier molecular flexibility index (Phi) is 5.52. The number of hydrogen-bond acceptors (Lipinski definition) is 7. The molecule has 2 saturated heterocycles. The van der Waals surface area contributed by atoms with Gasteiger partial charge in [0.1, 0.15) is 0 Å². The molecule has 9 nitrogen and oxygen atoms in total. The summed E-state index contributed by atoms with van der Waals surface area (Å²) in [5, 5.41) is 0. The van der Waals surface area contributed by atoms with Crippen LogP contribution in [0.25, 0.3) is 0 Å². The highest BCUT2D eigenvalue weighted by Gasteiger charge is 2.50. The van der Waals surface area contributed by atoms with Crippen LogP contribution in [0.3, 0.4) is 0 Å². The molecule has 2 aliphatic rings. The zero-order valence-electron chi connectivity index (χ0n) is 16.5. The maximum Gasteiger partial charge on any atom is 0.308 e. The van der Waals surface area contributed by atoms with Crippen LogP contribution in [-0.4, -0.2) is 59.0 Å². The van der Waals surface area contributed by atoms with E-state index in [0.717, 1.165) is 4.31 Å². The fourth-order valence-electron chi connectivity index (χ4n) is 3.66. The SMILES string of the molecule is COC(=O)C1CCN(S(=O)(=O)c2ccc(N3C(=O)C(C)(C)CS3(=O)=O)cc2)CC1. The van der Waals surface area contributed by atoms with Gasteiger partial charge in [-0.25, -0.2) is 21.1 Å². The van der Waals surface area contributed by atoms with E-state index in [1.54, 1.807) is 13.8 Å². The lowest BCUT2D eigenvalue weighted by atomic mass is 9.95. The molecule has 0 saturated carbocycles. The zero-order chi connectivity index (χ0) is 21.6. The number of nitrogens with zero attached hydrogens (tertiary/aromatic N) is 2. The Hall–Kier alpha value is -1.98. The summed E-state index contributed by atoms with van der Waals surface area (Å²) in [5.74, 6) is -1.50. The quantitative estimate of drug-likeness (QED) is 0.635. The van der Waals surface area contributed by atoms with E-state index in [1.165, 1.54) is 35.7 Å². The van der Waals surface area contributed by atoms with Crippen LogP contribution in [0.15, 0.2) is 29.2 Å². The van der Waals surface area contributed by atoms with Crippen molar-refractivity contribution in [1.82, 2.24) is 4.31 Å². The van der Waals surface area contributed by atoms with Crippen LogP contribution < -0.4 is 4.31 Å². The average molecular weight is 445 g/mol. The van der Waals surface area contributed by atoms with Gasteiger partial charge < -0.3 is 4.74 Å². The summed E-state index contributed by atoms with van der Waals surface area (Å²) in [5.41, 5.74) is -0.919. The highest BCUT2D eigenvalue weighted by Crippen LogP contribution is 2.36. The summed E-state index contributed by atoms with van der Waals surface area (Å²) in [6.45, 7) is 3.50. The third kappa shape index (κ3) is 3.90. The predicted molar refractivity (Wildman–Crippen MR) is 105 cm³/mol. The molecule has 0 aromatic heterocycles. The van der Waals surface area contributed by atoms with Gasteiger partial charge in [0.2, 0.25) is 26.0 Å². The number of amides is 1. The molecule has 0 N–H and O–H groups in total. The molecule has 0 atom stereocenters. The van der Waals surface area contributed by atoms with Gasteiger partial charge in [0.25, 0.3) is 0 Å². The van der Waals surface area contributed by atoms with Gasteiger partial charge in [-0.15, -0.1) is 0 Å². The summed E-state index contributed by atoms with van der Waals surface area (Å²) in [6.07, 6.45) is 0.749. The van der Waals surface area contributed by atoms with Crippen molar-refractivity contribution in [2.75, 3.05) is 30.3 Å². The number of anilines is 1. The van der Waals surface area contributed by atoms with E-state index in [4.69, 9.17) is 4.74 Å². The minimum Gasteiger partial charge on any atom is -0.469 e. The van der Waals surface area contributed by atoms with Crippen molar-refractivity contribution in [3.05, 3.63) is 24.3 Å². The number of sulfonamides is 2. The van der Waals surface area contributed by atoms with Crippen molar-refractivity contribution in [3.63, 3.8) is 0 Å². The summed E-state index contributed by atoms with van der Waals surface area (Å²) in [6, 6.07) is 5.24. The van der Waals surface area contributed by atoms with Crippen LogP contribution in [0, 0.1) is 11.3 Å². The molecular weight excluding hydrogens is 420 g/mol. The van der Waals surface area contributed by atoms with E-state index < -0.39 is 31.4 Å². The topological polar surface area (TPSA) is 118 Å². The van der Waals surface area contributed by atoms with E-state index in [2.05, 4.69) is 0 Å². The van der Waals surface area contributed by atoms with Gasteiger partial charge in [-0.3, -0.25) is 9.59 Å². The molecule has 2 aliphatic heterocycles. The number of benzene rings is 1. The molecule has 0 spiro atoms. The molecule has 2 heterocycles. The molecule has 160 valence electrons. The third-order valence-corrected chi connectivity index (χ3v) is 9.21.